The van der Waals surface area contributed by atoms with E-state index in [0.717, 1.165) is 51.0 Å². The summed E-state index contributed by atoms with van der Waals surface area (Å²) in [6, 6.07) is 31.7. The number of ether oxygens (including phenoxy) is 2. The number of halogens is 2. The van der Waals surface area contributed by atoms with Crippen LogP contribution in [0, 0.1) is 0 Å². The summed E-state index contributed by atoms with van der Waals surface area (Å²) in [4.78, 5) is 5.19. The van der Waals surface area contributed by atoms with Gasteiger partial charge in [-0.1, -0.05) is 47.5 Å². The molecule has 180 valence electrons. The molecule has 0 amide bonds. The van der Waals surface area contributed by atoms with E-state index < -0.39 is 0 Å². The van der Waals surface area contributed by atoms with Crippen molar-refractivity contribution in [2.45, 2.75) is 6.54 Å². The predicted octanol–water partition coefficient (Wildman–Crippen LogP) is 8.26. The second-order valence-electron chi connectivity index (χ2n) is 8.31. The Hall–Kier alpha value is -3.73. The Balaban J connectivity index is 1.75. The molecule has 0 saturated carbocycles. The zero-order valence-corrected chi connectivity index (χ0v) is 21.4. The van der Waals surface area contributed by atoms with Gasteiger partial charge in [0, 0.05) is 33.3 Å². The van der Waals surface area contributed by atoms with E-state index >= 15 is 0 Å². The van der Waals surface area contributed by atoms with Crippen LogP contribution in [0.5, 0.6) is 11.5 Å². The van der Waals surface area contributed by atoms with E-state index in [1.54, 1.807) is 14.2 Å². The Morgan fingerprint density at radius 2 is 1.08 bits per heavy atom. The third kappa shape index (κ3) is 4.97. The molecule has 0 saturated heterocycles. The molecule has 1 aromatic heterocycles. The Bertz CT molecular complexity index is 1460. The molecule has 5 aromatic rings. The molecule has 0 radical (unpaired) electrons. The third-order valence-corrected chi connectivity index (χ3v) is 6.55. The lowest BCUT2D eigenvalue weighted by atomic mass is 10.0. The summed E-state index contributed by atoms with van der Waals surface area (Å²) < 4.78 is 13.0. The molecular formula is C30H24Cl2N2O2. The molecule has 0 aliphatic carbocycles. The highest BCUT2D eigenvalue weighted by Crippen LogP contribution is 2.38. The van der Waals surface area contributed by atoms with Crippen molar-refractivity contribution >= 4 is 23.2 Å². The molecule has 0 bridgehead atoms. The lowest BCUT2D eigenvalue weighted by Gasteiger charge is -2.14. The average Bonchev–Trinajstić information content (AvgIpc) is 3.29. The van der Waals surface area contributed by atoms with Crippen molar-refractivity contribution in [2.24, 2.45) is 0 Å². The third-order valence-electron chi connectivity index (χ3n) is 6.05. The van der Waals surface area contributed by atoms with E-state index in [9.17, 15) is 0 Å². The fourth-order valence-corrected chi connectivity index (χ4v) is 4.44. The van der Waals surface area contributed by atoms with Gasteiger partial charge in [0.15, 0.2) is 0 Å². The van der Waals surface area contributed by atoms with Crippen LogP contribution in [0.4, 0.5) is 0 Å². The standard InChI is InChI=1S/C30H24Cl2N2O2/c1-35-26-15-3-20(4-16-26)19-34-29(22-5-11-24(31)12-6-22)28(21-9-17-27(36-2)18-10-21)33-30(34)23-7-13-25(32)14-8-23/h3-18H,19H2,1-2H3. The van der Waals surface area contributed by atoms with E-state index in [0.29, 0.717) is 16.6 Å². The highest BCUT2D eigenvalue weighted by Gasteiger charge is 2.22. The number of imidazole rings is 1. The highest BCUT2D eigenvalue weighted by molar-refractivity contribution is 6.30. The Morgan fingerprint density at radius 1 is 0.611 bits per heavy atom. The van der Waals surface area contributed by atoms with Gasteiger partial charge in [0.05, 0.1) is 25.6 Å². The van der Waals surface area contributed by atoms with Crippen molar-refractivity contribution in [1.82, 2.24) is 9.55 Å². The molecule has 0 fully saturated rings. The molecule has 0 aliphatic rings. The van der Waals surface area contributed by atoms with Gasteiger partial charge < -0.3 is 14.0 Å². The fraction of sp³-hybridized carbons (Fsp3) is 0.100. The fourth-order valence-electron chi connectivity index (χ4n) is 4.19. The molecule has 4 aromatic carbocycles. The monoisotopic (exact) mass is 514 g/mol. The van der Waals surface area contributed by atoms with Crippen LogP contribution in [0.3, 0.4) is 0 Å². The van der Waals surface area contributed by atoms with E-state index in [1.807, 2.05) is 84.9 Å². The number of rotatable bonds is 7. The number of methoxy groups -OCH3 is 2. The molecule has 0 atom stereocenters. The van der Waals surface area contributed by atoms with Gasteiger partial charge >= 0.3 is 0 Å². The maximum absolute atomic E-state index is 6.24. The summed E-state index contributed by atoms with van der Waals surface area (Å²) in [6.07, 6.45) is 0. The lowest BCUT2D eigenvalue weighted by Crippen LogP contribution is -2.04. The van der Waals surface area contributed by atoms with Crippen LogP contribution in [-0.2, 0) is 6.54 Å². The van der Waals surface area contributed by atoms with Crippen molar-refractivity contribution in [2.75, 3.05) is 14.2 Å². The van der Waals surface area contributed by atoms with Crippen LogP contribution in [-0.4, -0.2) is 23.8 Å². The normalized spacial score (nSPS) is 10.9. The van der Waals surface area contributed by atoms with E-state index in [1.165, 1.54) is 0 Å². The molecule has 4 nitrogen and oxygen atoms in total. The van der Waals surface area contributed by atoms with Crippen LogP contribution in [0.1, 0.15) is 5.56 Å². The van der Waals surface area contributed by atoms with E-state index in [-0.39, 0.29) is 0 Å². The number of benzene rings is 4. The largest absolute Gasteiger partial charge is 0.497 e. The summed E-state index contributed by atoms with van der Waals surface area (Å²) >= 11 is 12.4. The topological polar surface area (TPSA) is 36.3 Å². The Labute approximate surface area is 220 Å². The van der Waals surface area contributed by atoms with E-state index in [2.05, 4.69) is 16.7 Å². The van der Waals surface area contributed by atoms with Gasteiger partial charge in [-0.25, -0.2) is 4.98 Å². The maximum atomic E-state index is 6.24. The first-order valence-electron chi connectivity index (χ1n) is 11.5. The van der Waals surface area contributed by atoms with Gasteiger partial charge in [-0.2, -0.15) is 0 Å². The van der Waals surface area contributed by atoms with Gasteiger partial charge in [-0.15, -0.1) is 0 Å². The number of hydrogen-bond donors (Lipinski definition) is 0. The molecular weight excluding hydrogens is 491 g/mol. The van der Waals surface area contributed by atoms with Crippen LogP contribution in [0.25, 0.3) is 33.9 Å². The van der Waals surface area contributed by atoms with Gasteiger partial charge in [-0.3, -0.25) is 0 Å². The molecule has 36 heavy (non-hydrogen) atoms. The SMILES string of the molecule is COc1ccc(Cn2c(-c3ccc(Cl)cc3)nc(-c3ccc(OC)cc3)c2-c2ccc(Cl)cc2)cc1. The van der Waals surface area contributed by atoms with Crippen LogP contribution >= 0.6 is 23.2 Å². The maximum Gasteiger partial charge on any atom is 0.141 e. The zero-order chi connectivity index (χ0) is 25.1. The zero-order valence-electron chi connectivity index (χ0n) is 19.9. The van der Waals surface area contributed by atoms with Gasteiger partial charge in [-0.05, 0) is 78.4 Å². The second-order valence-corrected chi connectivity index (χ2v) is 9.18. The van der Waals surface area contributed by atoms with Crippen molar-refractivity contribution in [3.05, 3.63) is 113 Å². The summed E-state index contributed by atoms with van der Waals surface area (Å²) in [5.41, 5.74) is 5.98. The first kappa shape index (κ1) is 24.0. The molecule has 1 heterocycles. The van der Waals surface area contributed by atoms with Crippen LogP contribution < -0.4 is 9.47 Å². The number of hydrogen-bond acceptors (Lipinski definition) is 3. The molecule has 0 N–H and O–H groups in total. The first-order valence-corrected chi connectivity index (χ1v) is 12.2. The van der Waals surface area contributed by atoms with E-state index in [4.69, 9.17) is 37.7 Å². The average molecular weight is 515 g/mol. The van der Waals surface area contributed by atoms with Crippen LogP contribution in [0.2, 0.25) is 10.0 Å². The predicted molar refractivity (Wildman–Crippen MR) is 147 cm³/mol. The lowest BCUT2D eigenvalue weighted by molar-refractivity contribution is 0.414. The second kappa shape index (κ2) is 10.5. The highest BCUT2D eigenvalue weighted by atomic mass is 35.5. The van der Waals surface area contributed by atoms with Crippen molar-refractivity contribution < 1.29 is 9.47 Å². The minimum absolute atomic E-state index is 0.614. The Morgan fingerprint density at radius 3 is 1.61 bits per heavy atom. The first-order chi connectivity index (χ1) is 17.6. The molecule has 0 unspecified atom stereocenters. The van der Waals surface area contributed by atoms with Crippen molar-refractivity contribution in [3.8, 4) is 45.4 Å². The van der Waals surface area contributed by atoms with Crippen molar-refractivity contribution in [3.63, 3.8) is 0 Å². The van der Waals surface area contributed by atoms with Crippen molar-refractivity contribution in [1.29, 1.82) is 0 Å². The van der Waals surface area contributed by atoms with Gasteiger partial charge in [0.2, 0.25) is 0 Å². The number of aromatic nitrogens is 2. The summed E-state index contributed by atoms with van der Waals surface area (Å²) in [7, 11) is 3.33. The smallest absolute Gasteiger partial charge is 0.141 e. The summed E-state index contributed by atoms with van der Waals surface area (Å²) in [6.45, 7) is 0.614. The molecule has 6 heteroatoms. The molecule has 0 aliphatic heterocycles. The van der Waals surface area contributed by atoms with Gasteiger partial charge in [0.25, 0.3) is 0 Å². The molecule has 0 spiro atoms. The molecule has 5 rings (SSSR count). The summed E-state index contributed by atoms with van der Waals surface area (Å²) in [5.74, 6) is 2.46. The van der Waals surface area contributed by atoms with Crippen LogP contribution in [0.15, 0.2) is 97.1 Å². The Kier molecular flexibility index (Phi) is 6.99. The minimum Gasteiger partial charge on any atom is -0.497 e. The minimum atomic E-state index is 0.614. The summed E-state index contributed by atoms with van der Waals surface area (Å²) in [5, 5.41) is 1.37. The van der Waals surface area contributed by atoms with Gasteiger partial charge in [0.1, 0.15) is 17.3 Å². The quantitative estimate of drug-likeness (QED) is 0.219. The number of nitrogens with zero attached hydrogens (tertiary/aromatic N) is 2.